The third kappa shape index (κ3) is 4.36. The third-order valence-corrected chi connectivity index (χ3v) is 4.65. The fraction of sp³-hybridized carbons (Fsp3) is 0.600. The molecular weight excluding hydrogens is 226 g/mol. The van der Waals surface area contributed by atoms with Gasteiger partial charge in [-0.15, -0.1) is 11.8 Å². The van der Waals surface area contributed by atoms with Gasteiger partial charge in [0.05, 0.1) is 0 Å². The largest absolute Gasteiger partial charge is 0.303 e. The fourth-order valence-electron chi connectivity index (χ4n) is 2.53. The van der Waals surface area contributed by atoms with Crippen molar-refractivity contribution < 1.29 is 0 Å². The quantitative estimate of drug-likeness (QED) is 0.724. The van der Waals surface area contributed by atoms with E-state index >= 15 is 0 Å². The van der Waals surface area contributed by atoms with Gasteiger partial charge in [0.25, 0.3) is 0 Å². The zero-order valence-corrected chi connectivity index (χ0v) is 11.6. The monoisotopic (exact) mass is 249 g/mol. The molecule has 0 bridgehead atoms. The smallest absolute Gasteiger partial charge is 0.0108 e. The maximum Gasteiger partial charge on any atom is 0.0108 e. The summed E-state index contributed by atoms with van der Waals surface area (Å²) in [4.78, 5) is 3.96. The van der Waals surface area contributed by atoms with Crippen LogP contribution in [0.25, 0.3) is 0 Å². The Kier molecular flexibility index (Phi) is 5.40. The molecule has 17 heavy (non-hydrogen) atoms. The predicted octanol–water partition coefficient (Wildman–Crippen LogP) is 4.04. The first-order chi connectivity index (χ1) is 8.36. The van der Waals surface area contributed by atoms with Gasteiger partial charge in [0.1, 0.15) is 0 Å². The second-order valence-electron chi connectivity index (χ2n) is 4.93. The van der Waals surface area contributed by atoms with E-state index in [4.69, 9.17) is 0 Å². The number of hydrogen-bond donors (Lipinski definition) is 0. The second-order valence-corrected chi connectivity index (χ2v) is 6.10. The highest BCUT2D eigenvalue weighted by molar-refractivity contribution is 7.99. The van der Waals surface area contributed by atoms with Crippen LogP contribution in [0.2, 0.25) is 0 Å². The van der Waals surface area contributed by atoms with Gasteiger partial charge in [-0.2, -0.15) is 0 Å². The lowest BCUT2D eigenvalue weighted by Crippen LogP contribution is -2.34. The lowest BCUT2D eigenvalue weighted by Gasteiger charge is -2.31. The van der Waals surface area contributed by atoms with Crippen LogP contribution < -0.4 is 0 Å². The molecule has 0 spiro atoms. The first-order valence-corrected chi connectivity index (χ1v) is 7.73. The van der Waals surface area contributed by atoms with Gasteiger partial charge >= 0.3 is 0 Å². The molecule has 94 valence electrons. The summed E-state index contributed by atoms with van der Waals surface area (Å²) in [5.41, 5.74) is 0. The van der Waals surface area contributed by atoms with Gasteiger partial charge in [-0.25, -0.2) is 0 Å². The minimum atomic E-state index is 0.847. The molecule has 1 aromatic carbocycles. The van der Waals surface area contributed by atoms with Crippen LogP contribution in [0.4, 0.5) is 0 Å². The Labute approximate surface area is 110 Å². The van der Waals surface area contributed by atoms with E-state index in [-0.39, 0.29) is 0 Å². The van der Waals surface area contributed by atoms with E-state index in [2.05, 4.69) is 42.3 Å². The SMILES string of the molecule is CN(CCSc1ccccc1)C1CCCCC1. The Morgan fingerprint density at radius 3 is 2.53 bits per heavy atom. The van der Waals surface area contributed by atoms with E-state index in [1.54, 1.807) is 0 Å². The van der Waals surface area contributed by atoms with Gasteiger partial charge in [-0.05, 0) is 32.0 Å². The van der Waals surface area contributed by atoms with Crippen LogP contribution in [0.5, 0.6) is 0 Å². The molecule has 1 saturated carbocycles. The molecule has 1 aliphatic carbocycles. The normalized spacial score (nSPS) is 17.5. The molecule has 2 heteroatoms. The van der Waals surface area contributed by atoms with E-state index < -0.39 is 0 Å². The van der Waals surface area contributed by atoms with Gasteiger partial charge in [-0.3, -0.25) is 0 Å². The average molecular weight is 249 g/mol. The molecule has 2 rings (SSSR count). The number of hydrogen-bond acceptors (Lipinski definition) is 2. The van der Waals surface area contributed by atoms with Gasteiger partial charge in [-0.1, -0.05) is 37.5 Å². The van der Waals surface area contributed by atoms with E-state index in [9.17, 15) is 0 Å². The zero-order valence-electron chi connectivity index (χ0n) is 10.8. The molecule has 0 aliphatic heterocycles. The molecular formula is C15H23NS. The van der Waals surface area contributed by atoms with Crippen molar-refractivity contribution in [2.45, 2.75) is 43.0 Å². The van der Waals surface area contributed by atoms with Crippen molar-refractivity contribution in [1.29, 1.82) is 0 Å². The Morgan fingerprint density at radius 1 is 1.12 bits per heavy atom. The molecule has 1 aromatic rings. The van der Waals surface area contributed by atoms with Crippen molar-refractivity contribution >= 4 is 11.8 Å². The Bertz CT molecular complexity index is 306. The van der Waals surface area contributed by atoms with E-state index in [0.717, 1.165) is 6.04 Å². The second kappa shape index (κ2) is 7.07. The van der Waals surface area contributed by atoms with E-state index in [0.29, 0.717) is 0 Å². The highest BCUT2D eigenvalue weighted by Gasteiger charge is 2.17. The maximum absolute atomic E-state index is 2.56. The standard InChI is InChI=1S/C15H23NS/c1-16(14-8-4-2-5-9-14)12-13-17-15-10-6-3-7-11-15/h3,6-7,10-11,14H,2,4-5,8-9,12-13H2,1H3. The summed E-state index contributed by atoms with van der Waals surface area (Å²) in [5.74, 6) is 1.21. The first-order valence-electron chi connectivity index (χ1n) is 6.74. The summed E-state index contributed by atoms with van der Waals surface area (Å²) < 4.78 is 0. The van der Waals surface area contributed by atoms with Crippen LogP contribution >= 0.6 is 11.8 Å². The molecule has 0 saturated heterocycles. The maximum atomic E-state index is 2.56. The highest BCUT2D eigenvalue weighted by Crippen LogP contribution is 2.22. The fourth-order valence-corrected chi connectivity index (χ4v) is 3.49. The van der Waals surface area contributed by atoms with Crippen LogP contribution in [-0.4, -0.2) is 30.3 Å². The zero-order chi connectivity index (χ0) is 11.9. The van der Waals surface area contributed by atoms with Crippen molar-refractivity contribution in [3.8, 4) is 0 Å². The summed E-state index contributed by atoms with van der Waals surface area (Å²) in [6.07, 6.45) is 7.13. The summed E-state index contributed by atoms with van der Waals surface area (Å²) in [5, 5.41) is 0. The summed E-state index contributed by atoms with van der Waals surface area (Å²) >= 11 is 1.97. The molecule has 0 atom stereocenters. The van der Waals surface area contributed by atoms with Crippen LogP contribution in [0.3, 0.4) is 0 Å². The summed E-state index contributed by atoms with van der Waals surface area (Å²) in [7, 11) is 2.29. The Morgan fingerprint density at radius 2 is 1.82 bits per heavy atom. The molecule has 1 fully saturated rings. The Hall–Kier alpha value is -0.470. The predicted molar refractivity (Wildman–Crippen MR) is 76.7 cm³/mol. The summed E-state index contributed by atoms with van der Waals surface area (Å²) in [6.45, 7) is 1.21. The molecule has 0 heterocycles. The van der Waals surface area contributed by atoms with Crippen LogP contribution in [0.15, 0.2) is 35.2 Å². The van der Waals surface area contributed by atoms with Crippen molar-refractivity contribution in [2.24, 2.45) is 0 Å². The van der Waals surface area contributed by atoms with Crippen molar-refractivity contribution in [1.82, 2.24) is 4.90 Å². The first kappa shape index (κ1) is 13.0. The minimum Gasteiger partial charge on any atom is -0.303 e. The van der Waals surface area contributed by atoms with Crippen LogP contribution in [0.1, 0.15) is 32.1 Å². The van der Waals surface area contributed by atoms with Crippen molar-refractivity contribution in [3.05, 3.63) is 30.3 Å². The third-order valence-electron chi connectivity index (χ3n) is 3.65. The van der Waals surface area contributed by atoms with Crippen LogP contribution in [-0.2, 0) is 0 Å². The molecule has 0 unspecified atom stereocenters. The number of rotatable bonds is 5. The molecule has 0 N–H and O–H groups in total. The number of benzene rings is 1. The molecule has 1 aliphatic rings. The molecule has 1 nitrogen and oxygen atoms in total. The van der Waals surface area contributed by atoms with E-state index in [1.807, 2.05) is 11.8 Å². The summed E-state index contributed by atoms with van der Waals surface area (Å²) in [6, 6.07) is 11.6. The van der Waals surface area contributed by atoms with Gasteiger partial charge in [0.15, 0.2) is 0 Å². The van der Waals surface area contributed by atoms with Gasteiger partial charge in [0.2, 0.25) is 0 Å². The molecule has 0 radical (unpaired) electrons. The van der Waals surface area contributed by atoms with E-state index in [1.165, 1.54) is 49.3 Å². The highest BCUT2D eigenvalue weighted by atomic mass is 32.2. The molecule has 0 amide bonds. The van der Waals surface area contributed by atoms with Crippen LogP contribution in [0, 0.1) is 0 Å². The van der Waals surface area contributed by atoms with Crippen molar-refractivity contribution in [3.63, 3.8) is 0 Å². The number of thioether (sulfide) groups is 1. The Balaban J connectivity index is 1.67. The molecule has 0 aromatic heterocycles. The lowest BCUT2D eigenvalue weighted by atomic mass is 9.94. The van der Waals surface area contributed by atoms with Crippen molar-refractivity contribution in [2.75, 3.05) is 19.3 Å². The van der Waals surface area contributed by atoms with Gasteiger partial charge in [0, 0.05) is 23.2 Å². The van der Waals surface area contributed by atoms with Gasteiger partial charge < -0.3 is 4.90 Å². The minimum absolute atomic E-state index is 0.847. The number of nitrogens with zero attached hydrogens (tertiary/aromatic N) is 1. The topological polar surface area (TPSA) is 3.24 Å². The average Bonchev–Trinajstić information content (AvgIpc) is 2.41. The lowest BCUT2D eigenvalue weighted by molar-refractivity contribution is 0.202.